The Balaban J connectivity index is 1.44. The van der Waals surface area contributed by atoms with E-state index >= 15 is 0 Å². The van der Waals surface area contributed by atoms with E-state index in [0.717, 1.165) is 6.07 Å². The maximum absolute atomic E-state index is 14.5. The Morgan fingerprint density at radius 2 is 1.54 bits per heavy atom. The molecule has 0 spiro atoms. The molecular weight excluding hydrogens is 479 g/mol. The molecule has 0 aromatic heterocycles. The number of carbonyl (C=O) groups is 3. The molecule has 0 unspecified atom stereocenters. The van der Waals surface area contributed by atoms with Crippen molar-refractivity contribution in [1.29, 1.82) is 0 Å². The highest BCUT2D eigenvalue weighted by Gasteiger charge is 2.27. The van der Waals surface area contributed by atoms with Crippen LogP contribution in [0.3, 0.4) is 0 Å². The van der Waals surface area contributed by atoms with Crippen molar-refractivity contribution in [3.63, 3.8) is 0 Å². The zero-order valence-corrected chi connectivity index (χ0v) is 20.1. The zero-order chi connectivity index (χ0) is 25.4. The van der Waals surface area contributed by atoms with Crippen molar-refractivity contribution < 1.29 is 33.4 Å². The predicted molar refractivity (Wildman–Crippen MR) is 128 cm³/mol. The molecule has 1 aliphatic carbocycles. The van der Waals surface area contributed by atoms with Crippen LogP contribution >= 0.6 is 11.6 Å². The molecular formula is C25H28ClFN2O6. The monoisotopic (exact) mass is 506 g/mol. The first kappa shape index (κ1) is 26.3. The molecule has 3 N–H and O–H groups in total. The van der Waals surface area contributed by atoms with Gasteiger partial charge >= 0.3 is 5.97 Å². The van der Waals surface area contributed by atoms with Crippen LogP contribution in [0.15, 0.2) is 36.4 Å². The first-order chi connectivity index (χ1) is 16.8. The van der Waals surface area contributed by atoms with E-state index in [1.807, 2.05) is 6.92 Å². The molecule has 0 aliphatic heterocycles. The van der Waals surface area contributed by atoms with Gasteiger partial charge in [0.1, 0.15) is 5.75 Å². The molecule has 0 saturated heterocycles. The molecule has 2 aromatic carbocycles. The summed E-state index contributed by atoms with van der Waals surface area (Å²) in [5, 5.41) is 14.7. The van der Waals surface area contributed by atoms with Crippen molar-refractivity contribution in [1.82, 2.24) is 10.6 Å². The van der Waals surface area contributed by atoms with Gasteiger partial charge in [-0.1, -0.05) is 11.6 Å². The lowest BCUT2D eigenvalue weighted by Gasteiger charge is -2.27. The molecule has 1 fully saturated rings. The number of hydrogen-bond donors (Lipinski definition) is 3. The molecule has 1 aliphatic rings. The lowest BCUT2D eigenvalue weighted by Crippen LogP contribution is -2.34. The number of carbonyl (C=O) groups excluding carboxylic acids is 2. The van der Waals surface area contributed by atoms with Crippen LogP contribution in [0.1, 0.15) is 53.3 Å². The molecule has 0 bridgehead atoms. The first-order valence-corrected chi connectivity index (χ1v) is 11.8. The molecule has 188 valence electrons. The van der Waals surface area contributed by atoms with E-state index in [2.05, 4.69) is 10.6 Å². The summed E-state index contributed by atoms with van der Waals surface area (Å²) >= 11 is 6.10. The number of benzene rings is 2. The molecule has 8 nitrogen and oxygen atoms in total. The quantitative estimate of drug-likeness (QED) is 0.419. The van der Waals surface area contributed by atoms with Crippen molar-refractivity contribution >= 4 is 29.4 Å². The summed E-state index contributed by atoms with van der Waals surface area (Å²) in [4.78, 5) is 35.6. The van der Waals surface area contributed by atoms with Gasteiger partial charge in [0.15, 0.2) is 11.6 Å². The minimum Gasteiger partial charge on any atom is -0.492 e. The summed E-state index contributed by atoms with van der Waals surface area (Å²) in [6.07, 6.45) is 1.79. The van der Waals surface area contributed by atoms with Gasteiger partial charge in [0.25, 0.3) is 11.8 Å². The standard InChI is InChI=1S/C25H28ClFN2O6/c1-2-34-21-9-5-16(13-19(21)26)23(30)28-11-12-29-24(31)17-6-10-22(20(27)14-17)35-18-7-3-15(4-8-18)25(32)33/h5-6,9-10,13-15,18H,2-4,7-8,11-12H2,1H3,(H,28,30)(H,29,31)(H,32,33). The third-order valence-electron chi connectivity index (χ3n) is 5.70. The van der Waals surface area contributed by atoms with Crippen molar-refractivity contribution in [2.45, 2.75) is 38.7 Å². The Kier molecular flexibility index (Phi) is 9.31. The highest BCUT2D eigenvalue weighted by molar-refractivity contribution is 6.32. The lowest BCUT2D eigenvalue weighted by molar-refractivity contribution is -0.143. The Morgan fingerprint density at radius 3 is 2.06 bits per heavy atom. The minimum absolute atomic E-state index is 0.0293. The second-order valence-corrected chi connectivity index (χ2v) is 8.57. The van der Waals surface area contributed by atoms with Crippen LogP contribution in [0, 0.1) is 11.7 Å². The van der Waals surface area contributed by atoms with Crippen molar-refractivity contribution in [2.24, 2.45) is 5.92 Å². The number of aliphatic carboxylic acids is 1. The van der Waals surface area contributed by atoms with Gasteiger partial charge in [-0.25, -0.2) is 4.39 Å². The first-order valence-electron chi connectivity index (χ1n) is 11.5. The molecule has 3 rings (SSSR count). The molecule has 0 heterocycles. The van der Waals surface area contributed by atoms with Crippen LogP contribution in [-0.4, -0.2) is 48.7 Å². The molecule has 2 aromatic rings. The van der Waals surface area contributed by atoms with Gasteiger partial charge in [-0.15, -0.1) is 0 Å². The zero-order valence-electron chi connectivity index (χ0n) is 19.3. The molecule has 0 atom stereocenters. The molecule has 2 amide bonds. The maximum Gasteiger partial charge on any atom is 0.306 e. The summed E-state index contributed by atoms with van der Waals surface area (Å²) in [6.45, 7) is 2.60. The third-order valence-corrected chi connectivity index (χ3v) is 6.00. The fraction of sp³-hybridized carbons (Fsp3) is 0.400. The SMILES string of the molecule is CCOc1ccc(C(=O)NCCNC(=O)c2ccc(OC3CCC(C(=O)O)CC3)c(F)c2)cc1Cl. The van der Waals surface area contributed by atoms with Gasteiger partial charge in [0.05, 0.1) is 23.7 Å². The summed E-state index contributed by atoms with van der Waals surface area (Å²) in [5.41, 5.74) is 0.480. The Bertz CT molecular complexity index is 1070. The second kappa shape index (κ2) is 12.4. The van der Waals surface area contributed by atoms with Crippen LogP contribution in [0.4, 0.5) is 4.39 Å². The number of halogens is 2. The fourth-order valence-electron chi connectivity index (χ4n) is 3.82. The Hall–Kier alpha value is -3.33. The number of ether oxygens (including phenoxy) is 2. The number of amides is 2. The summed E-state index contributed by atoms with van der Waals surface area (Å²) < 4.78 is 25.5. The smallest absolute Gasteiger partial charge is 0.306 e. The predicted octanol–water partition coefficient (Wildman–Crippen LogP) is 4.06. The number of rotatable bonds is 10. The normalized spacial score (nSPS) is 17.3. The van der Waals surface area contributed by atoms with Crippen LogP contribution in [0.25, 0.3) is 0 Å². The van der Waals surface area contributed by atoms with E-state index in [4.69, 9.17) is 26.2 Å². The second-order valence-electron chi connectivity index (χ2n) is 8.16. The van der Waals surface area contributed by atoms with E-state index in [-0.39, 0.29) is 42.3 Å². The third kappa shape index (κ3) is 7.32. The van der Waals surface area contributed by atoms with Gasteiger partial charge < -0.3 is 25.2 Å². The highest BCUT2D eigenvalue weighted by Crippen LogP contribution is 2.29. The van der Waals surface area contributed by atoms with Crippen LogP contribution in [0.5, 0.6) is 11.5 Å². The van der Waals surface area contributed by atoms with Crippen LogP contribution in [0.2, 0.25) is 5.02 Å². The van der Waals surface area contributed by atoms with Crippen LogP contribution in [-0.2, 0) is 4.79 Å². The average Bonchev–Trinajstić information content (AvgIpc) is 2.84. The van der Waals surface area contributed by atoms with E-state index in [0.29, 0.717) is 48.6 Å². The van der Waals surface area contributed by atoms with E-state index < -0.39 is 17.7 Å². The van der Waals surface area contributed by atoms with Crippen molar-refractivity contribution in [2.75, 3.05) is 19.7 Å². The largest absolute Gasteiger partial charge is 0.492 e. The Labute approximate surface area is 207 Å². The van der Waals surface area contributed by atoms with E-state index in [1.165, 1.54) is 18.2 Å². The highest BCUT2D eigenvalue weighted by atomic mass is 35.5. The minimum atomic E-state index is -0.815. The van der Waals surface area contributed by atoms with Gasteiger partial charge in [0.2, 0.25) is 0 Å². The summed E-state index contributed by atoms with van der Waals surface area (Å²) in [7, 11) is 0. The van der Waals surface area contributed by atoms with Gasteiger partial charge in [-0.2, -0.15) is 0 Å². The molecule has 0 radical (unpaired) electrons. The maximum atomic E-state index is 14.5. The number of hydrogen-bond acceptors (Lipinski definition) is 5. The van der Waals surface area contributed by atoms with Crippen molar-refractivity contribution in [3.05, 3.63) is 58.4 Å². The topological polar surface area (TPSA) is 114 Å². The van der Waals surface area contributed by atoms with Gasteiger partial charge in [-0.3, -0.25) is 14.4 Å². The average molecular weight is 507 g/mol. The summed E-state index contributed by atoms with van der Waals surface area (Å²) in [5.74, 6) is -2.18. The number of carboxylic acid groups (broad SMARTS) is 1. The van der Waals surface area contributed by atoms with Gasteiger partial charge in [-0.05, 0) is 69.0 Å². The summed E-state index contributed by atoms with van der Waals surface area (Å²) in [6, 6.07) is 8.65. The molecule has 1 saturated carbocycles. The number of carboxylic acids is 1. The van der Waals surface area contributed by atoms with Crippen molar-refractivity contribution in [3.8, 4) is 11.5 Å². The number of nitrogens with one attached hydrogen (secondary N) is 2. The molecule has 10 heteroatoms. The molecule has 35 heavy (non-hydrogen) atoms. The van der Waals surface area contributed by atoms with E-state index in [9.17, 15) is 18.8 Å². The lowest BCUT2D eigenvalue weighted by atomic mass is 9.87. The van der Waals surface area contributed by atoms with Crippen LogP contribution < -0.4 is 20.1 Å². The van der Waals surface area contributed by atoms with E-state index in [1.54, 1.807) is 12.1 Å². The fourth-order valence-corrected chi connectivity index (χ4v) is 4.05. The van der Waals surface area contributed by atoms with Gasteiger partial charge in [0, 0.05) is 24.2 Å². The Morgan fingerprint density at radius 1 is 0.971 bits per heavy atom.